The molecule has 0 saturated carbocycles. The second kappa shape index (κ2) is 10.8. The second-order valence-electron chi connectivity index (χ2n) is 9.31. The molecular formula is C30H24F2N4O6. The van der Waals surface area contributed by atoms with Gasteiger partial charge in [-0.05, 0) is 54.1 Å². The van der Waals surface area contributed by atoms with Gasteiger partial charge in [0.1, 0.15) is 17.6 Å². The number of carbonyl (C=O) groups excluding carboxylic acids is 3. The lowest BCUT2D eigenvalue weighted by Gasteiger charge is -2.39. The maximum atomic E-state index is 15.6. The molecule has 1 aromatic heterocycles. The number of ether oxygens (including phenoxy) is 3. The molecule has 4 N–H and O–H groups in total. The maximum absolute atomic E-state index is 15.6. The molecule has 0 radical (unpaired) electrons. The van der Waals surface area contributed by atoms with Crippen molar-refractivity contribution in [3.05, 3.63) is 96.2 Å². The van der Waals surface area contributed by atoms with Crippen molar-refractivity contribution in [1.82, 2.24) is 4.98 Å². The third-order valence-corrected chi connectivity index (χ3v) is 6.96. The van der Waals surface area contributed by atoms with Gasteiger partial charge in [0.05, 0.1) is 19.7 Å². The maximum Gasteiger partial charge on any atom is 0.252 e. The summed E-state index contributed by atoms with van der Waals surface area (Å²) < 4.78 is 45.7. The highest BCUT2D eigenvalue weighted by Crippen LogP contribution is 2.40. The zero-order valence-electron chi connectivity index (χ0n) is 22.3. The molecule has 12 heteroatoms. The van der Waals surface area contributed by atoms with Gasteiger partial charge in [-0.1, -0.05) is 18.2 Å². The number of amides is 3. The fourth-order valence-electron chi connectivity index (χ4n) is 4.84. The fourth-order valence-corrected chi connectivity index (χ4v) is 4.84. The number of hydrogen-bond acceptors (Lipinski definition) is 7. The van der Waals surface area contributed by atoms with E-state index in [1.54, 1.807) is 12.1 Å². The molecule has 1 aliphatic heterocycles. The summed E-state index contributed by atoms with van der Waals surface area (Å²) in [6.07, 6.45) is 3.83. The number of rotatable bonds is 8. The molecule has 10 nitrogen and oxygen atoms in total. The molecule has 0 saturated heterocycles. The van der Waals surface area contributed by atoms with Crippen molar-refractivity contribution in [3.63, 3.8) is 0 Å². The first kappa shape index (κ1) is 28.0. The normalized spacial score (nSPS) is 18.1. The Hall–Kier alpha value is -5.52. The zero-order chi connectivity index (χ0) is 30.2. The SMILES string of the molecule is COc1cc2nccc(Oc3ccc(C4(C(N)=O)C=CC(C(N)=O)N(c5ccc(F)cc5)C4=O)cc3F)c2cc1OC. The number of nitrogens with two attached hydrogens (primary N) is 2. The van der Waals surface area contributed by atoms with Gasteiger partial charge < -0.3 is 25.7 Å². The van der Waals surface area contributed by atoms with Crippen LogP contribution in [0.25, 0.3) is 10.9 Å². The molecule has 2 atom stereocenters. The highest BCUT2D eigenvalue weighted by molar-refractivity contribution is 6.21. The number of nitrogens with zero attached hydrogens (tertiary/aromatic N) is 2. The highest BCUT2D eigenvalue weighted by Gasteiger charge is 2.52. The summed E-state index contributed by atoms with van der Waals surface area (Å²) in [6, 6.07) is 11.6. The summed E-state index contributed by atoms with van der Waals surface area (Å²) in [5.74, 6) is -3.63. The van der Waals surface area contributed by atoms with Gasteiger partial charge in [0.2, 0.25) is 11.8 Å². The Labute approximate surface area is 238 Å². The summed E-state index contributed by atoms with van der Waals surface area (Å²) in [5, 5.41) is 0.505. The summed E-state index contributed by atoms with van der Waals surface area (Å²) in [4.78, 5) is 44.3. The van der Waals surface area contributed by atoms with Gasteiger partial charge in [0.25, 0.3) is 5.91 Å². The standard InChI is InChI=1S/C30H24F2N4O6/c1-40-25-14-19-21(15-26(25)41-2)35-12-10-23(19)42-24-8-3-16(13-20(24)32)30(28(34)38)11-9-22(27(33)37)36(29(30)39)18-6-4-17(31)5-7-18/h3-15,22H,1-2H3,(H2,33,37)(H2,34,38). The predicted octanol–water partition coefficient (Wildman–Crippen LogP) is 3.50. The first-order valence-electron chi connectivity index (χ1n) is 12.5. The van der Waals surface area contributed by atoms with Crippen LogP contribution < -0.4 is 30.6 Å². The van der Waals surface area contributed by atoms with Crippen LogP contribution >= 0.6 is 0 Å². The van der Waals surface area contributed by atoms with E-state index >= 15 is 4.39 Å². The summed E-state index contributed by atoms with van der Waals surface area (Å²) in [6.45, 7) is 0. The number of carbonyl (C=O) groups is 3. The van der Waals surface area contributed by atoms with Crippen LogP contribution in [0.5, 0.6) is 23.0 Å². The van der Waals surface area contributed by atoms with Gasteiger partial charge in [0.15, 0.2) is 28.5 Å². The number of anilines is 1. The average Bonchev–Trinajstić information content (AvgIpc) is 2.97. The van der Waals surface area contributed by atoms with Crippen molar-refractivity contribution < 1.29 is 37.4 Å². The Kier molecular flexibility index (Phi) is 7.21. The number of primary amides is 2. The fraction of sp³-hybridized carbons (Fsp3) is 0.133. The molecule has 5 rings (SSSR count). The summed E-state index contributed by atoms with van der Waals surface area (Å²) in [5.41, 5.74) is 9.49. The van der Waals surface area contributed by atoms with Crippen LogP contribution in [0.2, 0.25) is 0 Å². The van der Waals surface area contributed by atoms with Crippen LogP contribution in [0.1, 0.15) is 5.56 Å². The Morgan fingerprint density at radius 3 is 2.21 bits per heavy atom. The van der Waals surface area contributed by atoms with E-state index in [0.717, 1.165) is 29.2 Å². The minimum absolute atomic E-state index is 0.0808. The van der Waals surface area contributed by atoms with Crippen molar-refractivity contribution in [2.24, 2.45) is 11.5 Å². The Morgan fingerprint density at radius 2 is 1.60 bits per heavy atom. The monoisotopic (exact) mass is 574 g/mol. The van der Waals surface area contributed by atoms with Crippen LogP contribution in [-0.4, -0.2) is 43.0 Å². The molecule has 4 aromatic rings. The lowest BCUT2D eigenvalue weighted by molar-refractivity contribution is -0.134. The van der Waals surface area contributed by atoms with Crippen molar-refractivity contribution >= 4 is 34.3 Å². The van der Waals surface area contributed by atoms with E-state index in [0.29, 0.717) is 22.4 Å². The highest BCUT2D eigenvalue weighted by atomic mass is 19.1. The number of halogens is 2. The lowest BCUT2D eigenvalue weighted by Crippen LogP contribution is -2.61. The minimum atomic E-state index is -2.22. The molecule has 214 valence electrons. The molecular weight excluding hydrogens is 550 g/mol. The summed E-state index contributed by atoms with van der Waals surface area (Å²) in [7, 11) is 2.95. The lowest BCUT2D eigenvalue weighted by atomic mass is 9.75. The molecule has 0 bridgehead atoms. The van der Waals surface area contributed by atoms with Crippen molar-refractivity contribution in [3.8, 4) is 23.0 Å². The molecule has 0 spiro atoms. The molecule has 2 heterocycles. The van der Waals surface area contributed by atoms with Crippen molar-refractivity contribution in [2.45, 2.75) is 11.5 Å². The van der Waals surface area contributed by atoms with E-state index in [4.69, 9.17) is 25.7 Å². The number of hydrogen-bond donors (Lipinski definition) is 2. The minimum Gasteiger partial charge on any atom is -0.493 e. The number of methoxy groups -OCH3 is 2. The van der Waals surface area contributed by atoms with Gasteiger partial charge in [-0.3, -0.25) is 24.3 Å². The number of benzene rings is 3. The zero-order valence-corrected chi connectivity index (χ0v) is 22.3. The van der Waals surface area contributed by atoms with E-state index < -0.39 is 40.8 Å². The molecule has 1 aliphatic rings. The van der Waals surface area contributed by atoms with Crippen LogP contribution in [-0.2, 0) is 19.8 Å². The smallest absolute Gasteiger partial charge is 0.252 e. The molecule has 3 amide bonds. The van der Waals surface area contributed by atoms with Crippen LogP contribution in [0.15, 0.2) is 79.0 Å². The number of pyridine rings is 1. The third kappa shape index (κ3) is 4.62. The molecule has 3 aromatic carbocycles. The van der Waals surface area contributed by atoms with E-state index in [2.05, 4.69) is 4.98 Å². The molecule has 0 aliphatic carbocycles. The molecule has 0 fully saturated rings. The first-order chi connectivity index (χ1) is 20.1. The quantitative estimate of drug-likeness (QED) is 0.242. The topological polar surface area (TPSA) is 147 Å². The average molecular weight is 575 g/mol. The largest absolute Gasteiger partial charge is 0.493 e. The van der Waals surface area contributed by atoms with Gasteiger partial charge in [-0.25, -0.2) is 8.78 Å². The van der Waals surface area contributed by atoms with Gasteiger partial charge in [0, 0.05) is 23.3 Å². The Bertz CT molecular complexity index is 1760. The summed E-state index contributed by atoms with van der Waals surface area (Å²) >= 11 is 0. The van der Waals surface area contributed by atoms with Gasteiger partial charge in [-0.2, -0.15) is 0 Å². The van der Waals surface area contributed by atoms with Gasteiger partial charge >= 0.3 is 0 Å². The van der Waals surface area contributed by atoms with E-state index in [1.807, 2.05) is 0 Å². The van der Waals surface area contributed by atoms with Gasteiger partial charge in [-0.15, -0.1) is 0 Å². The Balaban J connectivity index is 1.57. The van der Waals surface area contributed by atoms with Crippen molar-refractivity contribution in [1.29, 1.82) is 0 Å². The van der Waals surface area contributed by atoms with E-state index in [-0.39, 0.29) is 22.7 Å². The Morgan fingerprint density at radius 1 is 0.905 bits per heavy atom. The van der Waals surface area contributed by atoms with E-state index in [1.165, 1.54) is 56.8 Å². The number of aromatic nitrogens is 1. The van der Waals surface area contributed by atoms with Crippen LogP contribution in [0, 0.1) is 11.6 Å². The predicted molar refractivity (Wildman–Crippen MR) is 148 cm³/mol. The van der Waals surface area contributed by atoms with E-state index in [9.17, 15) is 18.8 Å². The second-order valence-corrected chi connectivity index (χ2v) is 9.31. The molecule has 42 heavy (non-hydrogen) atoms. The number of fused-ring (bicyclic) bond motifs is 1. The third-order valence-electron chi connectivity index (χ3n) is 6.96. The van der Waals surface area contributed by atoms with Crippen LogP contribution in [0.3, 0.4) is 0 Å². The van der Waals surface area contributed by atoms with Crippen LogP contribution in [0.4, 0.5) is 14.5 Å². The van der Waals surface area contributed by atoms with Crippen molar-refractivity contribution in [2.75, 3.05) is 19.1 Å². The first-order valence-corrected chi connectivity index (χ1v) is 12.5. The molecule has 2 unspecified atom stereocenters.